The van der Waals surface area contributed by atoms with Gasteiger partial charge in [-0.1, -0.05) is 42.5 Å². The highest BCUT2D eigenvalue weighted by molar-refractivity contribution is 5.79. The number of ether oxygens (including phenoxy) is 1. The number of hydrogen-bond donors (Lipinski definition) is 3. The molecule has 0 saturated carbocycles. The lowest BCUT2D eigenvalue weighted by molar-refractivity contribution is -0.885. The van der Waals surface area contributed by atoms with Crippen LogP contribution in [0.15, 0.2) is 54.6 Å². The van der Waals surface area contributed by atoms with E-state index in [0.29, 0.717) is 13.1 Å². The highest BCUT2D eigenvalue weighted by Gasteiger charge is 2.24. The molecule has 0 aliphatic carbocycles. The molecule has 1 fully saturated rings. The van der Waals surface area contributed by atoms with Crippen LogP contribution in [-0.4, -0.2) is 45.1 Å². The van der Waals surface area contributed by atoms with E-state index in [1.165, 1.54) is 0 Å². The number of carbonyl (C=O) groups excluding carboxylic acids is 2. The molecule has 2 aromatic rings. The predicted molar refractivity (Wildman–Crippen MR) is 98.0 cm³/mol. The first-order valence-corrected chi connectivity index (χ1v) is 8.74. The van der Waals surface area contributed by atoms with Crippen LogP contribution >= 0.6 is 0 Å². The summed E-state index contributed by atoms with van der Waals surface area (Å²) in [7, 11) is 1.63. The molecule has 2 aromatic carbocycles. The Morgan fingerprint density at radius 2 is 1.85 bits per heavy atom. The van der Waals surface area contributed by atoms with Crippen LogP contribution in [0.2, 0.25) is 0 Å². The minimum Gasteiger partial charge on any atom is -0.497 e. The standard InChI is InChI=1S/C20H23N3O3/c1-26-17-9-7-16(8-10-17)20(15-5-3-2-4-6-15)22-19(25)14-23-12-11-21-18(24)13-23/h2-10,20H,11-14H2,1H3,(H,21,24)(H,22,25)/p+1/t20-/m0/s1. The molecule has 2 amide bonds. The van der Waals surface area contributed by atoms with Crippen LogP contribution in [0.3, 0.4) is 0 Å². The number of methoxy groups -OCH3 is 1. The van der Waals surface area contributed by atoms with Gasteiger partial charge in [-0.2, -0.15) is 0 Å². The largest absolute Gasteiger partial charge is 0.497 e. The van der Waals surface area contributed by atoms with E-state index in [4.69, 9.17) is 4.74 Å². The summed E-state index contributed by atoms with van der Waals surface area (Å²) in [5.74, 6) is 0.698. The average Bonchev–Trinajstić information content (AvgIpc) is 2.67. The molecule has 3 rings (SSSR count). The normalized spacial score (nSPS) is 17.9. The lowest BCUT2D eigenvalue weighted by Crippen LogP contribution is -3.16. The average molecular weight is 354 g/mol. The van der Waals surface area contributed by atoms with Crippen LogP contribution in [0, 0.1) is 0 Å². The van der Waals surface area contributed by atoms with E-state index in [1.54, 1.807) is 7.11 Å². The fourth-order valence-electron chi connectivity index (χ4n) is 3.15. The molecule has 6 heteroatoms. The third kappa shape index (κ3) is 4.61. The van der Waals surface area contributed by atoms with Gasteiger partial charge in [0.15, 0.2) is 13.1 Å². The topological polar surface area (TPSA) is 71.9 Å². The fourth-order valence-corrected chi connectivity index (χ4v) is 3.15. The molecule has 1 aliphatic heterocycles. The van der Waals surface area contributed by atoms with Crippen LogP contribution in [0.4, 0.5) is 0 Å². The van der Waals surface area contributed by atoms with Crippen molar-refractivity contribution in [3.63, 3.8) is 0 Å². The third-order valence-corrected chi connectivity index (χ3v) is 4.51. The molecule has 2 atom stereocenters. The molecule has 0 bridgehead atoms. The minimum atomic E-state index is -0.243. The van der Waals surface area contributed by atoms with Crippen molar-refractivity contribution in [2.24, 2.45) is 0 Å². The molecule has 0 spiro atoms. The Kier molecular flexibility index (Phi) is 5.86. The van der Waals surface area contributed by atoms with Crippen molar-refractivity contribution in [2.45, 2.75) is 6.04 Å². The van der Waals surface area contributed by atoms with Crippen molar-refractivity contribution in [3.05, 3.63) is 65.7 Å². The molecular formula is C20H24N3O3+. The zero-order valence-corrected chi connectivity index (χ0v) is 14.8. The molecular weight excluding hydrogens is 330 g/mol. The predicted octanol–water partition coefficient (Wildman–Crippen LogP) is -0.0845. The summed E-state index contributed by atoms with van der Waals surface area (Å²) < 4.78 is 5.22. The van der Waals surface area contributed by atoms with Gasteiger partial charge in [-0.3, -0.25) is 9.59 Å². The first kappa shape index (κ1) is 17.9. The number of piperazine rings is 1. The molecule has 1 saturated heterocycles. The van der Waals surface area contributed by atoms with Gasteiger partial charge in [-0.25, -0.2) is 0 Å². The first-order chi connectivity index (χ1) is 12.7. The van der Waals surface area contributed by atoms with Crippen molar-refractivity contribution in [3.8, 4) is 5.75 Å². The van der Waals surface area contributed by atoms with Gasteiger partial charge in [0.25, 0.3) is 11.8 Å². The van der Waals surface area contributed by atoms with E-state index in [1.807, 2.05) is 54.6 Å². The van der Waals surface area contributed by atoms with Gasteiger partial charge in [-0.05, 0) is 23.3 Å². The quantitative estimate of drug-likeness (QED) is 0.679. The Balaban J connectivity index is 1.75. The van der Waals surface area contributed by atoms with Gasteiger partial charge in [0, 0.05) is 0 Å². The summed E-state index contributed by atoms with van der Waals surface area (Å²) in [4.78, 5) is 25.1. The van der Waals surface area contributed by atoms with Gasteiger partial charge in [-0.15, -0.1) is 0 Å². The lowest BCUT2D eigenvalue weighted by atomic mass is 9.98. The molecule has 1 heterocycles. The lowest BCUT2D eigenvalue weighted by Gasteiger charge is -2.25. The summed E-state index contributed by atoms with van der Waals surface area (Å²) in [6.07, 6.45) is 0. The number of nitrogens with one attached hydrogen (secondary N) is 3. The van der Waals surface area contributed by atoms with Gasteiger partial charge < -0.3 is 20.3 Å². The second-order valence-electron chi connectivity index (χ2n) is 6.39. The van der Waals surface area contributed by atoms with Crippen molar-refractivity contribution in [1.82, 2.24) is 10.6 Å². The molecule has 136 valence electrons. The number of hydrogen-bond acceptors (Lipinski definition) is 3. The van der Waals surface area contributed by atoms with Crippen molar-refractivity contribution < 1.29 is 19.2 Å². The van der Waals surface area contributed by atoms with Crippen LogP contribution in [0.5, 0.6) is 5.75 Å². The zero-order valence-electron chi connectivity index (χ0n) is 14.8. The third-order valence-electron chi connectivity index (χ3n) is 4.51. The maximum absolute atomic E-state index is 12.6. The van der Waals surface area contributed by atoms with E-state index in [2.05, 4.69) is 10.6 Å². The number of rotatable bonds is 6. The van der Waals surface area contributed by atoms with Crippen LogP contribution in [0.25, 0.3) is 0 Å². The molecule has 0 radical (unpaired) electrons. The highest BCUT2D eigenvalue weighted by Crippen LogP contribution is 2.23. The second-order valence-corrected chi connectivity index (χ2v) is 6.39. The summed E-state index contributed by atoms with van der Waals surface area (Å²) in [6.45, 7) is 2.00. The van der Waals surface area contributed by atoms with Crippen LogP contribution < -0.4 is 20.3 Å². The van der Waals surface area contributed by atoms with E-state index >= 15 is 0 Å². The van der Waals surface area contributed by atoms with E-state index in [0.717, 1.165) is 28.3 Å². The molecule has 1 unspecified atom stereocenters. The second kappa shape index (κ2) is 8.49. The minimum absolute atomic E-state index is 0.00573. The Bertz CT molecular complexity index is 747. The van der Waals surface area contributed by atoms with Crippen LogP contribution in [0.1, 0.15) is 17.2 Å². The number of quaternary nitrogens is 1. The van der Waals surface area contributed by atoms with Crippen molar-refractivity contribution >= 4 is 11.8 Å². The van der Waals surface area contributed by atoms with Gasteiger partial charge >= 0.3 is 0 Å². The maximum Gasteiger partial charge on any atom is 0.275 e. The molecule has 26 heavy (non-hydrogen) atoms. The first-order valence-electron chi connectivity index (χ1n) is 8.74. The van der Waals surface area contributed by atoms with E-state index < -0.39 is 0 Å². The summed E-state index contributed by atoms with van der Waals surface area (Å²) in [5, 5.41) is 5.90. The Labute approximate surface area is 153 Å². The molecule has 0 aromatic heterocycles. The van der Waals surface area contributed by atoms with E-state index in [9.17, 15) is 9.59 Å². The number of amides is 2. The molecule has 6 nitrogen and oxygen atoms in total. The summed E-state index contributed by atoms with van der Waals surface area (Å²) in [6, 6.07) is 17.3. The van der Waals surface area contributed by atoms with Crippen LogP contribution in [-0.2, 0) is 9.59 Å². The molecule has 3 N–H and O–H groups in total. The van der Waals surface area contributed by atoms with Crippen molar-refractivity contribution in [1.29, 1.82) is 0 Å². The van der Waals surface area contributed by atoms with Gasteiger partial charge in [0.2, 0.25) is 0 Å². The van der Waals surface area contributed by atoms with Gasteiger partial charge in [0.1, 0.15) is 5.75 Å². The molecule has 1 aliphatic rings. The fraction of sp³-hybridized carbons (Fsp3) is 0.300. The number of benzene rings is 2. The smallest absolute Gasteiger partial charge is 0.275 e. The highest BCUT2D eigenvalue weighted by atomic mass is 16.5. The van der Waals surface area contributed by atoms with E-state index in [-0.39, 0.29) is 24.4 Å². The SMILES string of the molecule is COc1ccc([C@@H](NC(=O)C[NH+]2CCNC(=O)C2)c2ccccc2)cc1. The summed E-state index contributed by atoms with van der Waals surface area (Å²) >= 11 is 0. The Morgan fingerprint density at radius 3 is 2.50 bits per heavy atom. The number of carbonyl (C=O) groups is 2. The van der Waals surface area contributed by atoms with Gasteiger partial charge in [0.05, 0.1) is 26.2 Å². The maximum atomic E-state index is 12.6. The van der Waals surface area contributed by atoms with Crippen molar-refractivity contribution in [2.75, 3.05) is 33.3 Å². The Hall–Kier alpha value is -2.86. The zero-order chi connectivity index (χ0) is 18.4. The monoisotopic (exact) mass is 354 g/mol. The summed E-state index contributed by atoms with van der Waals surface area (Å²) in [5.41, 5.74) is 1.99. The Morgan fingerprint density at radius 1 is 1.15 bits per heavy atom.